The van der Waals surface area contributed by atoms with Crippen LogP contribution < -0.4 is 9.47 Å². The lowest BCUT2D eigenvalue weighted by atomic mass is 10.1. The van der Waals surface area contributed by atoms with Crippen LogP contribution in [0.5, 0.6) is 11.5 Å². The van der Waals surface area contributed by atoms with Gasteiger partial charge < -0.3 is 9.47 Å². The van der Waals surface area contributed by atoms with Crippen LogP contribution in [0.15, 0.2) is 41.6 Å². The first-order chi connectivity index (χ1) is 13.4. The second-order valence-corrected chi connectivity index (χ2v) is 8.59. The monoisotopic (exact) mass is 402 g/mol. The first-order valence-electron chi connectivity index (χ1n) is 9.48. The van der Waals surface area contributed by atoms with Crippen molar-refractivity contribution in [3.05, 3.63) is 47.8 Å². The lowest BCUT2D eigenvalue weighted by molar-refractivity contribution is 0.267. The molecule has 0 fully saturated rings. The van der Waals surface area contributed by atoms with Crippen LogP contribution in [0.4, 0.5) is 0 Å². The molecule has 2 aromatic carbocycles. The number of aryl methyl sites for hydroxylation is 2. The van der Waals surface area contributed by atoms with E-state index in [1.165, 1.54) is 16.4 Å². The molecule has 0 spiro atoms. The standard InChI is InChI=1S/C21H26N2O4S/c1-5-9-26-20-8-7-17(13-21(20)27-10-6-2)28(24,25)23-14-22-18-11-15(3)16(4)12-19(18)23/h7-8,11-14H,5-6,9-10H2,1-4H3. The number of ether oxygens (including phenoxy) is 2. The van der Waals surface area contributed by atoms with E-state index in [1.54, 1.807) is 12.1 Å². The van der Waals surface area contributed by atoms with Crippen LogP contribution in [0.3, 0.4) is 0 Å². The molecule has 0 unspecified atom stereocenters. The van der Waals surface area contributed by atoms with Gasteiger partial charge in [-0.2, -0.15) is 0 Å². The maximum Gasteiger partial charge on any atom is 0.269 e. The molecule has 3 aromatic rings. The molecule has 0 atom stereocenters. The molecule has 0 aliphatic carbocycles. The Balaban J connectivity index is 2.07. The van der Waals surface area contributed by atoms with E-state index in [1.807, 2.05) is 39.8 Å². The molecular formula is C21H26N2O4S. The third kappa shape index (κ3) is 3.85. The largest absolute Gasteiger partial charge is 0.490 e. The summed E-state index contributed by atoms with van der Waals surface area (Å²) < 4.78 is 39.2. The molecule has 1 aromatic heterocycles. The van der Waals surface area contributed by atoms with Crippen LogP contribution in [-0.2, 0) is 10.0 Å². The van der Waals surface area contributed by atoms with Crippen LogP contribution in [0.1, 0.15) is 37.8 Å². The maximum atomic E-state index is 13.3. The van der Waals surface area contributed by atoms with Gasteiger partial charge in [0.05, 0.1) is 29.1 Å². The van der Waals surface area contributed by atoms with Crippen molar-refractivity contribution < 1.29 is 17.9 Å². The lowest BCUT2D eigenvalue weighted by Crippen LogP contribution is -2.12. The highest BCUT2D eigenvalue weighted by atomic mass is 32.2. The third-order valence-corrected chi connectivity index (χ3v) is 6.18. The van der Waals surface area contributed by atoms with Crippen LogP contribution in [-0.4, -0.2) is 30.6 Å². The molecule has 150 valence electrons. The predicted octanol–water partition coefficient (Wildman–Crippen LogP) is 4.47. The van der Waals surface area contributed by atoms with Gasteiger partial charge in [0.2, 0.25) is 0 Å². The van der Waals surface area contributed by atoms with E-state index in [2.05, 4.69) is 4.98 Å². The van der Waals surface area contributed by atoms with Crippen molar-refractivity contribution in [1.82, 2.24) is 8.96 Å². The number of hydrogen-bond acceptors (Lipinski definition) is 5. The maximum absolute atomic E-state index is 13.3. The molecule has 0 bridgehead atoms. The average Bonchev–Trinajstić information content (AvgIpc) is 3.08. The molecule has 0 aliphatic heterocycles. The summed E-state index contributed by atoms with van der Waals surface area (Å²) in [6.07, 6.45) is 3.02. The quantitative estimate of drug-likeness (QED) is 0.556. The summed E-state index contributed by atoms with van der Waals surface area (Å²) in [6.45, 7) is 8.97. The Hall–Kier alpha value is -2.54. The minimum absolute atomic E-state index is 0.139. The van der Waals surface area contributed by atoms with Crippen molar-refractivity contribution >= 4 is 21.1 Å². The van der Waals surface area contributed by atoms with Crippen molar-refractivity contribution in [3.63, 3.8) is 0 Å². The van der Waals surface area contributed by atoms with E-state index < -0.39 is 10.0 Å². The fraction of sp³-hybridized carbons (Fsp3) is 0.381. The van der Waals surface area contributed by atoms with E-state index in [0.29, 0.717) is 35.7 Å². The fourth-order valence-corrected chi connectivity index (χ4v) is 4.15. The van der Waals surface area contributed by atoms with E-state index in [4.69, 9.17) is 9.47 Å². The van der Waals surface area contributed by atoms with Crippen molar-refractivity contribution in [2.45, 2.75) is 45.4 Å². The molecule has 0 radical (unpaired) electrons. The Morgan fingerprint density at radius 3 is 2.25 bits per heavy atom. The molecule has 0 N–H and O–H groups in total. The number of benzene rings is 2. The summed E-state index contributed by atoms with van der Waals surface area (Å²) in [5.74, 6) is 0.990. The number of hydrogen-bond donors (Lipinski definition) is 0. The highest BCUT2D eigenvalue weighted by Gasteiger charge is 2.22. The minimum Gasteiger partial charge on any atom is -0.490 e. The Kier molecular flexibility index (Phi) is 5.93. The van der Waals surface area contributed by atoms with Crippen molar-refractivity contribution in [3.8, 4) is 11.5 Å². The number of fused-ring (bicyclic) bond motifs is 1. The predicted molar refractivity (Wildman–Crippen MR) is 110 cm³/mol. The third-order valence-electron chi connectivity index (χ3n) is 4.53. The molecule has 3 rings (SSSR count). The van der Waals surface area contributed by atoms with Crippen molar-refractivity contribution in [2.75, 3.05) is 13.2 Å². The number of aromatic nitrogens is 2. The highest BCUT2D eigenvalue weighted by molar-refractivity contribution is 7.90. The summed E-state index contributed by atoms with van der Waals surface area (Å²) >= 11 is 0. The fourth-order valence-electron chi connectivity index (χ4n) is 2.85. The zero-order valence-electron chi connectivity index (χ0n) is 16.7. The van der Waals surface area contributed by atoms with Crippen molar-refractivity contribution in [1.29, 1.82) is 0 Å². The molecular weight excluding hydrogens is 376 g/mol. The summed E-state index contributed by atoms with van der Waals surface area (Å²) in [7, 11) is -3.82. The van der Waals surface area contributed by atoms with Crippen LogP contribution in [0.2, 0.25) is 0 Å². The van der Waals surface area contributed by atoms with Gasteiger partial charge in [-0.05, 0) is 62.1 Å². The summed E-state index contributed by atoms with van der Waals surface area (Å²) in [5.41, 5.74) is 3.30. The summed E-state index contributed by atoms with van der Waals surface area (Å²) in [6, 6.07) is 8.48. The van der Waals surface area contributed by atoms with Gasteiger partial charge in [-0.3, -0.25) is 0 Å². The number of nitrogens with zero attached hydrogens (tertiary/aromatic N) is 2. The lowest BCUT2D eigenvalue weighted by Gasteiger charge is -2.14. The zero-order chi connectivity index (χ0) is 20.3. The van der Waals surface area contributed by atoms with Crippen LogP contribution in [0, 0.1) is 13.8 Å². The van der Waals surface area contributed by atoms with E-state index in [-0.39, 0.29) is 4.90 Å². The molecule has 0 saturated heterocycles. The van der Waals surface area contributed by atoms with E-state index in [0.717, 1.165) is 24.0 Å². The van der Waals surface area contributed by atoms with Gasteiger partial charge in [-0.15, -0.1) is 0 Å². The minimum atomic E-state index is -3.82. The summed E-state index contributed by atoms with van der Waals surface area (Å²) in [5, 5.41) is 0. The SMILES string of the molecule is CCCOc1ccc(S(=O)(=O)n2cnc3cc(C)c(C)cc32)cc1OCCC. The van der Waals surface area contributed by atoms with Gasteiger partial charge >= 0.3 is 0 Å². The van der Waals surface area contributed by atoms with E-state index >= 15 is 0 Å². The second kappa shape index (κ2) is 8.22. The zero-order valence-corrected chi connectivity index (χ0v) is 17.5. The molecule has 6 nitrogen and oxygen atoms in total. The molecule has 7 heteroatoms. The van der Waals surface area contributed by atoms with Crippen molar-refractivity contribution in [2.24, 2.45) is 0 Å². The topological polar surface area (TPSA) is 70.4 Å². The normalized spacial score (nSPS) is 11.7. The van der Waals surface area contributed by atoms with Crippen LogP contribution in [0.25, 0.3) is 11.0 Å². The number of imidazole rings is 1. The first kappa shape index (κ1) is 20.2. The Bertz CT molecular complexity index is 1090. The van der Waals surface area contributed by atoms with Gasteiger partial charge in [-0.25, -0.2) is 17.4 Å². The average molecular weight is 403 g/mol. The molecule has 0 saturated carbocycles. The summed E-state index contributed by atoms with van der Waals surface area (Å²) in [4.78, 5) is 4.41. The molecule has 0 amide bonds. The molecule has 28 heavy (non-hydrogen) atoms. The first-order valence-corrected chi connectivity index (χ1v) is 10.9. The molecule has 0 aliphatic rings. The van der Waals surface area contributed by atoms with Gasteiger partial charge in [0.25, 0.3) is 10.0 Å². The molecule has 1 heterocycles. The number of rotatable bonds is 8. The van der Waals surface area contributed by atoms with E-state index in [9.17, 15) is 8.42 Å². The Labute approximate surface area is 166 Å². The highest BCUT2D eigenvalue weighted by Crippen LogP contribution is 2.32. The van der Waals surface area contributed by atoms with Gasteiger partial charge in [0.1, 0.15) is 6.33 Å². The van der Waals surface area contributed by atoms with Gasteiger partial charge in [0.15, 0.2) is 11.5 Å². The van der Waals surface area contributed by atoms with Gasteiger partial charge in [-0.1, -0.05) is 13.8 Å². The Morgan fingerprint density at radius 2 is 1.57 bits per heavy atom. The second-order valence-electron chi connectivity index (χ2n) is 6.78. The van der Waals surface area contributed by atoms with Gasteiger partial charge in [0, 0.05) is 6.07 Å². The van der Waals surface area contributed by atoms with Crippen LogP contribution >= 0.6 is 0 Å². The Morgan fingerprint density at radius 1 is 0.929 bits per heavy atom. The smallest absolute Gasteiger partial charge is 0.269 e.